The molecule has 2 rings (SSSR count). The fourth-order valence-corrected chi connectivity index (χ4v) is 2.97. The molecule has 6 nitrogen and oxygen atoms in total. The number of nitrogens with one attached hydrogen (secondary N) is 1. The largest absolute Gasteiger partial charge is 0.444 e. The zero-order chi connectivity index (χ0) is 20.2. The number of alkyl carbamates (subject to hydrolysis) is 1. The number of aryl methyl sites for hydroxylation is 1. The Labute approximate surface area is 167 Å². The van der Waals surface area contributed by atoms with E-state index < -0.39 is 23.8 Å². The van der Waals surface area contributed by atoms with Gasteiger partial charge in [-0.25, -0.2) is 4.79 Å². The van der Waals surface area contributed by atoms with E-state index >= 15 is 0 Å². The lowest BCUT2D eigenvalue weighted by Crippen LogP contribution is -2.39. The van der Waals surface area contributed by atoms with Crippen molar-refractivity contribution in [3.8, 4) is 0 Å². The first-order chi connectivity index (χ1) is 12.6. The number of carbonyl (C=O) groups is 1. The van der Waals surface area contributed by atoms with Crippen LogP contribution in [0.5, 0.6) is 0 Å². The molecule has 7 heteroatoms. The second-order valence-electron chi connectivity index (χ2n) is 7.27. The van der Waals surface area contributed by atoms with Crippen LogP contribution in [-0.2, 0) is 4.74 Å². The number of amides is 1. The lowest BCUT2D eigenvalue weighted by Gasteiger charge is -2.26. The Morgan fingerprint density at radius 1 is 1.15 bits per heavy atom. The molecule has 0 heterocycles. The molecule has 0 aliphatic rings. The summed E-state index contributed by atoms with van der Waals surface area (Å²) in [6.45, 7) is 7.12. The molecule has 0 fully saturated rings. The minimum atomic E-state index is -1.15. The number of hydrogen-bond donors (Lipinski definition) is 1. The first kappa shape index (κ1) is 20.9. The minimum absolute atomic E-state index is 0.380. The summed E-state index contributed by atoms with van der Waals surface area (Å²) < 4.78 is 6.22. The van der Waals surface area contributed by atoms with Crippen molar-refractivity contribution in [3.05, 3.63) is 79.8 Å². The van der Waals surface area contributed by atoms with Crippen LogP contribution in [0.3, 0.4) is 0 Å². The Morgan fingerprint density at radius 2 is 1.78 bits per heavy atom. The number of ether oxygens (including phenoxy) is 1. The maximum Gasteiger partial charge on any atom is 0.408 e. The van der Waals surface area contributed by atoms with Gasteiger partial charge in [0.15, 0.2) is 0 Å². The third kappa shape index (κ3) is 5.79. The maximum atomic E-state index is 12.4. The number of benzene rings is 2. The van der Waals surface area contributed by atoms with Crippen molar-refractivity contribution in [1.29, 1.82) is 0 Å². The van der Waals surface area contributed by atoms with Gasteiger partial charge in [0.1, 0.15) is 11.6 Å². The van der Waals surface area contributed by atoms with Gasteiger partial charge in [0.2, 0.25) is 0 Å². The van der Waals surface area contributed by atoms with Gasteiger partial charge in [0.25, 0.3) is 6.04 Å². The maximum absolute atomic E-state index is 12.4. The molecule has 0 bridgehead atoms. The Hall–Kier alpha value is -2.41. The van der Waals surface area contributed by atoms with Gasteiger partial charge in [-0.3, -0.25) is 10.1 Å². The third-order valence-corrected chi connectivity index (χ3v) is 4.79. The summed E-state index contributed by atoms with van der Waals surface area (Å²) in [7, 11) is 0. The number of halogens is 1. The second kappa shape index (κ2) is 8.52. The van der Waals surface area contributed by atoms with E-state index in [0.29, 0.717) is 11.1 Å². The lowest BCUT2D eigenvalue weighted by atomic mass is 9.93. The first-order valence-electron chi connectivity index (χ1n) is 8.52. The van der Waals surface area contributed by atoms with E-state index in [4.69, 9.17) is 4.74 Å². The molecule has 27 heavy (non-hydrogen) atoms. The predicted molar refractivity (Wildman–Crippen MR) is 107 cm³/mol. The van der Waals surface area contributed by atoms with Crippen LogP contribution in [0.2, 0.25) is 0 Å². The van der Waals surface area contributed by atoms with Crippen LogP contribution in [0.4, 0.5) is 4.79 Å². The van der Waals surface area contributed by atoms with Crippen molar-refractivity contribution in [1.82, 2.24) is 5.32 Å². The number of nitro groups is 1. The smallest absolute Gasteiger partial charge is 0.408 e. The zero-order valence-electron chi connectivity index (χ0n) is 15.7. The van der Waals surface area contributed by atoms with E-state index in [-0.39, 0.29) is 4.92 Å². The topological polar surface area (TPSA) is 81.5 Å². The van der Waals surface area contributed by atoms with Crippen LogP contribution in [0, 0.1) is 17.0 Å². The van der Waals surface area contributed by atoms with E-state index in [1.165, 1.54) is 0 Å². The average molecular weight is 435 g/mol. The van der Waals surface area contributed by atoms with E-state index in [9.17, 15) is 14.9 Å². The summed E-state index contributed by atoms with van der Waals surface area (Å²) in [5, 5.41) is 14.6. The monoisotopic (exact) mass is 434 g/mol. The highest BCUT2D eigenvalue weighted by Crippen LogP contribution is 2.33. The van der Waals surface area contributed by atoms with Gasteiger partial charge in [-0.05, 0) is 44.9 Å². The van der Waals surface area contributed by atoms with Gasteiger partial charge in [0, 0.05) is 15.0 Å². The number of rotatable bonds is 5. The Balaban J connectivity index is 2.48. The quantitative estimate of drug-likeness (QED) is 0.508. The average Bonchev–Trinajstić information content (AvgIpc) is 2.56. The molecular weight excluding hydrogens is 412 g/mol. The Morgan fingerprint density at radius 3 is 2.30 bits per heavy atom. The molecule has 2 aromatic carbocycles. The summed E-state index contributed by atoms with van der Waals surface area (Å²) in [6.07, 6.45) is -0.698. The van der Waals surface area contributed by atoms with Crippen LogP contribution in [0.25, 0.3) is 0 Å². The molecular formula is C20H23BrN2O4. The molecule has 2 aromatic rings. The molecule has 0 radical (unpaired) electrons. The molecule has 0 spiro atoms. The summed E-state index contributed by atoms with van der Waals surface area (Å²) in [5.74, 6) is 0. The van der Waals surface area contributed by atoms with Crippen LogP contribution >= 0.6 is 15.9 Å². The van der Waals surface area contributed by atoms with Crippen LogP contribution in [0.1, 0.15) is 49.5 Å². The SMILES string of the molecule is Cc1cc([C@@H](NC(=O)OC(C)(C)C)[C@H](c2ccccc2)[N+](=O)[O-])ccc1Br. The highest BCUT2D eigenvalue weighted by molar-refractivity contribution is 9.10. The highest BCUT2D eigenvalue weighted by atomic mass is 79.9. The molecule has 0 aliphatic carbocycles. The number of carbonyl (C=O) groups excluding carboxylic acids is 1. The summed E-state index contributed by atoms with van der Waals surface area (Å²) >= 11 is 3.43. The van der Waals surface area contributed by atoms with Crippen molar-refractivity contribution >= 4 is 22.0 Å². The zero-order valence-corrected chi connectivity index (χ0v) is 17.3. The van der Waals surface area contributed by atoms with Gasteiger partial charge in [-0.15, -0.1) is 0 Å². The predicted octanol–water partition coefficient (Wildman–Crippen LogP) is 5.34. The van der Waals surface area contributed by atoms with E-state index in [1.807, 2.05) is 19.1 Å². The molecule has 2 atom stereocenters. The lowest BCUT2D eigenvalue weighted by molar-refractivity contribution is -0.534. The van der Waals surface area contributed by atoms with Gasteiger partial charge in [0.05, 0.1) is 0 Å². The van der Waals surface area contributed by atoms with Crippen molar-refractivity contribution < 1.29 is 14.5 Å². The van der Waals surface area contributed by atoms with Crippen molar-refractivity contribution in [3.63, 3.8) is 0 Å². The molecule has 144 valence electrons. The van der Waals surface area contributed by atoms with Gasteiger partial charge >= 0.3 is 6.09 Å². The first-order valence-corrected chi connectivity index (χ1v) is 9.32. The summed E-state index contributed by atoms with van der Waals surface area (Å²) in [4.78, 5) is 23.9. The van der Waals surface area contributed by atoms with Crippen molar-refractivity contribution in [2.24, 2.45) is 0 Å². The molecule has 0 aliphatic heterocycles. The Kier molecular flexibility index (Phi) is 6.59. The van der Waals surface area contributed by atoms with Crippen molar-refractivity contribution in [2.75, 3.05) is 0 Å². The highest BCUT2D eigenvalue weighted by Gasteiger charge is 2.37. The van der Waals surface area contributed by atoms with E-state index in [2.05, 4.69) is 21.2 Å². The van der Waals surface area contributed by atoms with Crippen LogP contribution in [-0.4, -0.2) is 16.6 Å². The fraction of sp³-hybridized carbons (Fsp3) is 0.350. The van der Waals surface area contributed by atoms with Gasteiger partial charge < -0.3 is 10.1 Å². The molecule has 1 N–H and O–H groups in total. The van der Waals surface area contributed by atoms with Crippen LogP contribution in [0.15, 0.2) is 53.0 Å². The fourth-order valence-electron chi connectivity index (χ4n) is 2.73. The molecule has 0 saturated heterocycles. The number of hydrogen-bond acceptors (Lipinski definition) is 4. The Bertz CT molecular complexity index is 818. The summed E-state index contributed by atoms with van der Waals surface area (Å²) in [6, 6.07) is 12.0. The molecule has 1 amide bonds. The summed E-state index contributed by atoms with van der Waals surface area (Å²) in [5.41, 5.74) is 1.34. The molecule has 0 unspecified atom stereocenters. The normalized spacial score (nSPS) is 13.5. The van der Waals surface area contributed by atoms with Crippen molar-refractivity contribution in [2.45, 2.75) is 45.4 Å². The molecule has 0 saturated carbocycles. The molecule has 0 aromatic heterocycles. The standard InChI is InChI=1S/C20H23BrN2O4/c1-13-12-15(10-11-16(13)21)17(22-19(24)27-20(2,3)4)18(23(25)26)14-8-6-5-7-9-14/h5-12,17-18H,1-4H3,(H,22,24)/t17-,18+/m1/s1. The number of nitrogens with zero attached hydrogens (tertiary/aromatic N) is 1. The van der Waals surface area contributed by atoms with Crippen LogP contribution < -0.4 is 5.32 Å². The van der Waals surface area contributed by atoms with E-state index in [0.717, 1.165) is 10.0 Å². The van der Waals surface area contributed by atoms with Gasteiger partial charge in [-0.2, -0.15) is 0 Å². The van der Waals surface area contributed by atoms with E-state index in [1.54, 1.807) is 57.2 Å². The third-order valence-electron chi connectivity index (χ3n) is 3.90. The second-order valence-corrected chi connectivity index (χ2v) is 8.13. The minimum Gasteiger partial charge on any atom is -0.444 e. The van der Waals surface area contributed by atoms with Gasteiger partial charge in [-0.1, -0.05) is 58.4 Å².